The van der Waals surface area contributed by atoms with Gasteiger partial charge in [-0.3, -0.25) is 14.5 Å². The van der Waals surface area contributed by atoms with Gasteiger partial charge in [0.05, 0.1) is 18.2 Å². The smallest absolute Gasteiger partial charge is 0.416 e. The number of hydrogen-bond donors (Lipinski definition) is 1. The molecule has 0 aliphatic carbocycles. The molecule has 1 heterocycles. The van der Waals surface area contributed by atoms with E-state index < -0.39 is 23.6 Å². The highest BCUT2D eigenvalue weighted by molar-refractivity contribution is 6.36. The van der Waals surface area contributed by atoms with Gasteiger partial charge in [-0.2, -0.15) is 13.2 Å². The van der Waals surface area contributed by atoms with E-state index in [0.29, 0.717) is 11.3 Å². The van der Waals surface area contributed by atoms with E-state index in [1.807, 2.05) is 0 Å². The van der Waals surface area contributed by atoms with Crippen LogP contribution in [0.25, 0.3) is 5.57 Å². The molecule has 2 aromatic carbocycles. The molecular formula is C21H17F3N2O3. The number of nitrogens with one attached hydrogen (secondary N) is 1. The zero-order chi connectivity index (χ0) is 21.2. The highest BCUT2D eigenvalue weighted by Gasteiger charge is 2.39. The molecule has 0 saturated carbocycles. The number of benzene rings is 2. The van der Waals surface area contributed by atoms with Gasteiger partial charge in [-0.15, -0.1) is 6.58 Å². The van der Waals surface area contributed by atoms with Crippen LogP contribution in [0.5, 0.6) is 5.75 Å². The lowest BCUT2D eigenvalue weighted by atomic mass is 10.0. The van der Waals surface area contributed by atoms with E-state index in [1.165, 1.54) is 25.3 Å². The second kappa shape index (κ2) is 7.83. The van der Waals surface area contributed by atoms with Crippen LogP contribution < -0.4 is 10.1 Å². The summed E-state index contributed by atoms with van der Waals surface area (Å²) in [4.78, 5) is 26.6. The summed E-state index contributed by atoms with van der Waals surface area (Å²) in [6.45, 7) is 3.51. The quantitative estimate of drug-likeness (QED) is 0.584. The number of amides is 2. The third-order valence-electron chi connectivity index (χ3n) is 4.32. The number of carbonyl (C=O) groups excluding carboxylic acids is 2. The van der Waals surface area contributed by atoms with Gasteiger partial charge in [0.2, 0.25) is 0 Å². The molecule has 0 unspecified atom stereocenters. The molecule has 0 fully saturated rings. The molecule has 2 amide bonds. The summed E-state index contributed by atoms with van der Waals surface area (Å²) in [6, 6.07) is 10.9. The minimum atomic E-state index is -4.53. The lowest BCUT2D eigenvalue weighted by molar-refractivity contribution is -0.138. The zero-order valence-corrected chi connectivity index (χ0v) is 15.4. The maximum Gasteiger partial charge on any atom is 0.416 e. The van der Waals surface area contributed by atoms with Crippen LogP contribution in [0.15, 0.2) is 66.9 Å². The summed E-state index contributed by atoms with van der Waals surface area (Å²) in [5, 5.41) is 2.70. The molecule has 29 heavy (non-hydrogen) atoms. The van der Waals surface area contributed by atoms with Crippen molar-refractivity contribution in [3.63, 3.8) is 0 Å². The van der Waals surface area contributed by atoms with Crippen LogP contribution >= 0.6 is 0 Å². The van der Waals surface area contributed by atoms with Crippen molar-refractivity contribution in [1.82, 2.24) is 4.90 Å². The van der Waals surface area contributed by atoms with Crippen LogP contribution in [0.4, 0.5) is 18.9 Å². The predicted molar refractivity (Wildman–Crippen MR) is 102 cm³/mol. The van der Waals surface area contributed by atoms with Crippen LogP contribution in [0.3, 0.4) is 0 Å². The van der Waals surface area contributed by atoms with E-state index in [-0.39, 0.29) is 23.5 Å². The summed E-state index contributed by atoms with van der Waals surface area (Å²) >= 11 is 0. The molecule has 3 rings (SSSR count). The summed E-state index contributed by atoms with van der Waals surface area (Å²) in [5.74, 6) is -0.644. The Morgan fingerprint density at radius 2 is 1.79 bits per heavy atom. The van der Waals surface area contributed by atoms with E-state index in [1.54, 1.807) is 24.3 Å². The summed E-state index contributed by atoms with van der Waals surface area (Å²) < 4.78 is 44.1. The van der Waals surface area contributed by atoms with Crippen LogP contribution in [0, 0.1) is 0 Å². The lowest BCUT2D eigenvalue weighted by Crippen LogP contribution is -2.32. The molecule has 150 valence electrons. The van der Waals surface area contributed by atoms with Gasteiger partial charge >= 0.3 is 6.18 Å². The molecular weight excluding hydrogens is 385 g/mol. The van der Waals surface area contributed by atoms with E-state index in [9.17, 15) is 22.8 Å². The van der Waals surface area contributed by atoms with Crippen LogP contribution in [0.2, 0.25) is 0 Å². The first kappa shape index (κ1) is 20.2. The van der Waals surface area contributed by atoms with Crippen molar-refractivity contribution in [3.05, 3.63) is 78.0 Å². The number of imide groups is 1. The summed E-state index contributed by atoms with van der Waals surface area (Å²) in [6.07, 6.45) is -3.13. The zero-order valence-electron chi connectivity index (χ0n) is 15.4. The summed E-state index contributed by atoms with van der Waals surface area (Å²) in [5.41, 5.74) is -0.417. The average molecular weight is 402 g/mol. The predicted octanol–water partition coefficient (Wildman–Crippen LogP) is 4.09. The standard InChI is InChI=1S/C21H17F3N2O3/c1-3-11-26-19(27)17(13-7-9-16(29-2)10-8-13)18(20(26)28)25-15-6-4-5-14(12-15)21(22,23)24/h3-10,12,25H,1,11H2,2H3. The Morgan fingerprint density at radius 1 is 1.10 bits per heavy atom. The first-order valence-electron chi connectivity index (χ1n) is 8.56. The minimum Gasteiger partial charge on any atom is -0.497 e. The van der Waals surface area contributed by atoms with Crippen LogP contribution in [0.1, 0.15) is 11.1 Å². The second-order valence-corrected chi connectivity index (χ2v) is 6.19. The van der Waals surface area contributed by atoms with Gasteiger partial charge in [-0.25, -0.2) is 0 Å². The fourth-order valence-electron chi connectivity index (χ4n) is 2.93. The molecule has 1 aliphatic heterocycles. The van der Waals surface area contributed by atoms with Gasteiger partial charge in [0.15, 0.2) is 0 Å². The molecule has 8 heteroatoms. The van der Waals surface area contributed by atoms with E-state index in [4.69, 9.17) is 4.74 Å². The molecule has 0 bridgehead atoms. The Bertz CT molecular complexity index is 995. The monoisotopic (exact) mass is 402 g/mol. The molecule has 2 aromatic rings. The summed E-state index contributed by atoms with van der Waals surface area (Å²) in [7, 11) is 1.49. The highest BCUT2D eigenvalue weighted by atomic mass is 19.4. The number of anilines is 1. The Morgan fingerprint density at radius 3 is 2.38 bits per heavy atom. The normalized spacial score (nSPS) is 14.4. The molecule has 0 spiro atoms. The largest absolute Gasteiger partial charge is 0.497 e. The number of hydrogen-bond acceptors (Lipinski definition) is 4. The van der Waals surface area contributed by atoms with E-state index >= 15 is 0 Å². The fourth-order valence-corrected chi connectivity index (χ4v) is 2.93. The molecule has 1 N–H and O–H groups in total. The van der Waals surface area contributed by atoms with E-state index in [0.717, 1.165) is 17.0 Å². The van der Waals surface area contributed by atoms with Crippen molar-refractivity contribution in [2.45, 2.75) is 6.18 Å². The van der Waals surface area contributed by atoms with Gasteiger partial charge in [-0.05, 0) is 35.9 Å². The van der Waals surface area contributed by atoms with Crippen LogP contribution in [-0.4, -0.2) is 30.4 Å². The van der Waals surface area contributed by atoms with Crippen molar-refractivity contribution in [1.29, 1.82) is 0 Å². The molecule has 1 aliphatic rings. The number of alkyl halides is 3. The van der Waals surface area contributed by atoms with Crippen LogP contribution in [-0.2, 0) is 15.8 Å². The maximum absolute atomic E-state index is 13.0. The Hall–Kier alpha value is -3.55. The van der Waals surface area contributed by atoms with Crippen molar-refractivity contribution < 1.29 is 27.5 Å². The molecule has 5 nitrogen and oxygen atoms in total. The third-order valence-corrected chi connectivity index (χ3v) is 4.32. The number of halogens is 3. The topological polar surface area (TPSA) is 58.6 Å². The van der Waals surface area contributed by atoms with Gasteiger partial charge in [0, 0.05) is 12.2 Å². The van der Waals surface area contributed by atoms with Gasteiger partial charge in [0.25, 0.3) is 11.8 Å². The third kappa shape index (κ3) is 4.01. The first-order valence-corrected chi connectivity index (χ1v) is 8.56. The minimum absolute atomic E-state index is 0.0227. The van der Waals surface area contributed by atoms with Crippen molar-refractivity contribution in [2.24, 2.45) is 0 Å². The number of methoxy groups -OCH3 is 1. The number of ether oxygens (including phenoxy) is 1. The highest BCUT2D eigenvalue weighted by Crippen LogP contribution is 2.34. The van der Waals surface area contributed by atoms with Gasteiger partial charge < -0.3 is 10.1 Å². The maximum atomic E-state index is 13.0. The van der Waals surface area contributed by atoms with E-state index in [2.05, 4.69) is 11.9 Å². The number of rotatable bonds is 6. The molecule has 0 atom stereocenters. The first-order chi connectivity index (χ1) is 13.8. The molecule has 0 radical (unpaired) electrons. The second-order valence-electron chi connectivity index (χ2n) is 6.19. The average Bonchev–Trinajstić information content (AvgIpc) is 2.92. The SMILES string of the molecule is C=CCN1C(=O)C(Nc2cccc(C(F)(F)F)c2)=C(c2ccc(OC)cc2)C1=O. The Balaban J connectivity index is 2.06. The van der Waals surface area contributed by atoms with Crippen molar-refractivity contribution >= 4 is 23.1 Å². The van der Waals surface area contributed by atoms with Crippen molar-refractivity contribution in [2.75, 3.05) is 19.0 Å². The Kier molecular flexibility index (Phi) is 5.45. The lowest BCUT2D eigenvalue weighted by Gasteiger charge is -2.13. The number of carbonyl (C=O) groups is 2. The number of nitrogens with zero attached hydrogens (tertiary/aromatic N) is 1. The van der Waals surface area contributed by atoms with Gasteiger partial charge in [-0.1, -0.05) is 24.3 Å². The Labute approximate surface area is 165 Å². The van der Waals surface area contributed by atoms with Gasteiger partial charge in [0.1, 0.15) is 11.4 Å². The molecule has 0 saturated heterocycles. The molecule has 0 aromatic heterocycles. The van der Waals surface area contributed by atoms with Crippen molar-refractivity contribution in [3.8, 4) is 5.75 Å². The fraction of sp³-hybridized carbons (Fsp3) is 0.143.